The van der Waals surface area contributed by atoms with Gasteiger partial charge < -0.3 is 21.1 Å². The molecule has 1 aromatic rings. The van der Waals surface area contributed by atoms with Crippen LogP contribution >= 0.6 is 0 Å². The van der Waals surface area contributed by atoms with Crippen molar-refractivity contribution >= 4 is 23.0 Å². The number of hydrogen-bond donors (Lipinski definition) is 3. The van der Waals surface area contributed by atoms with Crippen molar-refractivity contribution in [1.29, 1.82) is 0 Å². The molecule has 1 aromatic carbocycles. The van der Waals surface area contributed by atoms with Gasteiger partial charge >= 0.3 is 0 Å². The molecule has 2 atom stereocenters. The van der Waals surface area contributed by atoms with Gasteiger partial charge in [0.2, 0.25) is 0 Å². The van der Waals surface area contributed by atoms with Crippen LogP contribution in [-0.4, -0.2) is 29.5 Å². The minimum Gasteiger partial charge on any atom is -0.481 e. The number of anilines is 2. The van der Waals surface area contributed by atoms with Crippen molar-refractivity contribution < 1.29 is 14.5 Å². The molecule has 0 spiro atoms. The van der Waals surface area contributed by atoms with Crippen molar-refractivity contribution in [2.75, 3.05) is 17.2 Å². The van der Waals surface area contributed by atoms with Crippen LogP contribution in [0.4, 0.5) is 17.1 Å². The van der Waals surface area contributed by atoms with E-state index in [1.807, 2.05) is 0 Å². The van der Waals surface area contributed by atoms with Gasteiger partial charge in [0.05, 0.1) is 16.7 Å². The molecule has 1 aliphatic carbocycles. The molecule has 1 amide bonds. The third-order valence-corrected chi connectivity index (χ3v) is 3.11. The van der Waals surface area contributed by atoms with E-state index in [1.165, 1.54) is 12.1 Å². The average Bonchev–Trinajstić information content (AvgIpc) is 3.03. The Morgan fingerprint density at radius 3 is 2.89 bits per heavy atom. The van der Waals surface area contributed by atoms with Gasteiger partial charge in [-0.3, -0.25) is 14.9 Å². The van der Waals surface area contributed by atoms with E-state index in [9.17, 15) is 14.9 Å². The molecule has 3 rings (SSSR count). The molecular formula is C11H12N4O4. The second-order valence-corrected chi connectivity index (χ2v) is 4.61. The zero-order valence-electron chi connectivity index (χ0n) is 9.88. The molecule has 1 aliphatic heterocycles. The van der Waals surface area contributed by atoms with Gasteiger partial charge in [-0.2, -0.15) is 0 Å². The summed E-state index contributed by atoms with van der Waals surface area (Å²) in [6.45, 7) is -0.134. The first-order valence-electron chi connectivity index (χ1n) is 5.82. The van der Waals surface area contributed by atoms with Crippen molar-refractivity contribution in [3.8, 4) is 5.75 Å². The number of benzene rings is 1. The van der Waals surface area contributed by atoms with Crippen LogP contribution in [0.15, 0.2) is 12.1 Å². The Labute approximate surface area is 108 Å². The molecule has 100 valence electrons. The van der Waals surface area contributed by atoms with E-state index in [1.54, 1.807) is 0 Å². The van der Waals surface area contributed by atoms with E-state index in [2.05, 4.69) is 10.6 Å². The summed E-state index contributed by atoms with van der Waals surface area (Å²) < 4.78 is 5.15. The molecule has 2 unspecified atom stereocenters. The van der Waals surface area contributed by atoms with E-state index < -0.39 is 4.92 Å². The number of carbonyl (C=O) groups excluding carboxylic acids is 1. The molecule has 8 heteroatoms. The van der Waals surface area contributed by atoms with Gasteiger partial charge in [-0.1, -0.05) is 0 Å². The van der Waals surface area contributed by atoms with Crippen LogP contribution in [0.3, 0.4) is 0 Å². The zero-order valence-corrected chi connectivity index (χ0v) is 9.88. The predicted octanol–water partition coefficient (Wildman–Crippen LogP) is 0.437. The number of nitrogens with zero attached hydrogens (tertiary/aromatic N) is 1. The van der Waals surface area contributed by atoms with Gasteiger partial charge in [0.25, 0.3) is 11.6 Å². The maximum absolute atomic E-state index is 11.2. The smallest absolute Gasteiger partial charge is 0.296 e. The third kappa shape index (κ3) is 2.17. The van der Waals surface area contributed by atoms with Crippen molar-refractivity contribution in [2.45, 2.75) is 18.5 Å². The normalized spacial score (nSPS) is 23.9. The average molecular weight is 264 g/mol. The summed E-state index contributed by atoms with van der Waals surface area (Å²) >= 11 is 0. The summed E-state index contributed by atoms with van der Waals surface area (Å²) in [6.07, 6.45) is 0.775. The number of amides is 1. The van der Waals surface area contributed by atoms with Gasteiger partial charge in [-0.05, 0) is 12.5 Å². The van der Waals surface area contributed by atoms with Crippen molar-refractivity contribution in [3.05, 3.63) is 22.2 Å². The summed E-state index contributed by atoms with van der Waals surface area (Å²) in [7, 11) is 0. The number of nitrogens with two attached hydrogens (primary N) is 1. The largest absolute Gasteiger partial charge is 0.481 e. The SMILES string of the molecule is NC1CC1Nc1cc2c(cc1[N+](=O)[O-])OCC(=O)N2. The maximum Gasteiger partial charge on any atom is 0.296 e. The fourth-order valence-electron chi connectivity index (χ4n) is 1.96. The first-order chi connectivity index (χ1) is 9.04. The molecule has 8 nitrogen and oxygen atoms in total. The molecule has 0 aromatic heterocycles. The first-order valence-corrected chi connectivity index (χ1v) is 5.82. The number of fused-ring (bicyclic) bond motifs is 1. The Morgan fingerprint density at radius 1 is 1.53 bits per heavy atom. The molecule has 2 aliphatic rings. The summed E-state index contributed by atoms with van der Waals surface area (Å²) in [5.41, 5.74) is 6.35. The number of nitro groups is 1. The number of carbonyl (C=O) groups is 1. The molecule has 1 heterocycles. The van der Waals surface area contributed by atoms with Gasteiger partial charge in [0.1, 0.15) is 5.69 Å². The molecule has 4 N–H and O–H groups in total. The van der Waals surface area contributed by atoms with Gasteiger partial charge in [0.15, 0.2) is 12.4 Å². The van der Waals surface area contributed by atoms with Gasteiger partial charge in [0, 0.05) is 12.1 Å². The van der Waals surface area contributed by atoms with Crippen LogP contribution in [0, 0.1) is 10.1 Å². The lowest BCUT2D eigenvalue weighted by Crippen LogP contribution is -2.25. The number of nitro benzene ring substituents is 1. The molecular weight excluding hydrogens is 252 g/mol. The highest BCUT2D eigenvalue weighted by Crippen LogP contribution is 2.39. The molecule has 0 bridgehead atoms. The lowest BCUT2D eigenvalue weighted by Gasteiger charge is -2.19. The topological polar surface area (TPSA) is 120 Å². The molecule has 1 saturated carbocycles. The summed E-state index contributed by atoms with van der Waals surface area (Å²) in [6, 6.07) is 2.87. The Hall–Kier alpha value is -2.35. The second-order valence-electron chi connectivity index (χ2n) is 4.61. The monoisotopic (exact) mass is 264 g/mol. The van der Waals surface area contributed by atoms with E-state index in [0.717, 1.165) is 6.42 Å². The number of rotatable bonds is 3. The Balaban J connectivity index is 1.98. The molecule has 0 radical (unpaired) electrons. The highest BCUT2D eigenvalue weighted by molar-refractivity contribution is 5.96. The van der Waals surface area contributed by atoms with Crippen LogP contribution in [-0.2, 0) is 4.79 Å². The Bertz CT molecular complexity index is 574. The van der Waals surface area contributed by atoms with Crippen molar-refractivity contribution in [3.63, 3.8) is 0 Å². The first kappa shape index (κ1) is 11.7. The lowest BCUT2D eigenvalue weighted by molar-refractivity contribution is -0.384. The van der Waals surface area contributed by atoms with E-state index in [4.69, 9.17) is 10.5 Å². The number of hydrogen-bond acceptors (Lipinski definition) is 6. The van der Waals surface area contributed by atoms with Gasteiger partial charge in [-0.15, -0.1) is 0 Å². The van der Waals surface area contributed by atoms with E-state index >= 15 is 0 Å². The van der Waals surface area contributed by atoms with Crippen molar-refractivity contribution in [1.82, 2.24) is 0 Å². The van der Waals surface area contributed by atoms with Crippen LogP contribution in [0.5, 0.6) is 5.75 Å². The summed E-state index contributed by atoms with van der Waals surface area (Å²) in [4.78, 5) is 21.8. The second kappa shape index (κ2) is 4.09. The van der Waals surface area contributed by atoms with Crippen LogP contribution in [0.2, 0.25) is 0 Å². The molecule has 0 saturated heterocycles. The summed E-state index contributed by atoms with van der Waals surface area (Å²) in [5, 5.41) is 16.7. The maximum atomic E-state index is 11.2. The standard InChI is InChI=1S/C11H12N4O4/c12-5-1-6(5)13-7-2-8-10(3-9(7)15(17)18)19-4-11(16)14-8/h2-3,5-6,13H,1,4,12H2,(H,14,16). The lowest BCUT2D eigenvalue weighted by atomic mass is 10.2. The van der Waals surface area contributed by atoms with Crippen molar-refractivity contribution in [2.24, 2.45) is 5.73 Å². The summed E-state index contributed by atoms with van der Waals surface area (Å²) in [5.74, 6) is 0.0207. The Kier molecular flexibility index (Phi) is 2.53. The third-order valence-electron chi connectivity index (χ3n) is 3.11. The fraction of sp³-hybridized carbons (Fsp3) is 0.364. The zero-order chi connectivity index (χ0) is 13.6. The number of ether oxygens (including phenoxy) is 1. The Morgan fingerprint density at radius 2 is 2.26 bits per heavy atom. The van der Waals surface area contributed by atoms with Crippen LogP contribution in [0.25, 0.3) is 0 Å². The fourth-order valence-corrected chi connectivity index (χ4v) is 1.96. The highest BCUT2D eigenvalue weighted by atomic mass is 16.6. The quantitative estimate of drug-likeness (QED) is 0.538. The minimum atomic E-state index is -0.490. The van der Waals surface area contributed by atoms with Crippen LogP contribution < -0.4 is 21.1 Å². The van der Waals surface area contributed by atoms with E-state index in [0.29, 0.717) is 17.1 Å². The highest BCUT2D eigenvalue weighted by Gasteiger charge is 2.35. The predicted molar refractivity (Wildman–Crippen MR) is 67.2 cm³/mol. The van der Waals surface area contributed by atoms with E-state index in [-0.39, 0.29) is 30.3 Å². The minimum absolute atomic E-state index is 0.0153. The van der Waals surface area contributed by atoms with Gasteiger partial charge in [-0.25, -0.2) is 0 Å². The molecule has 19 heavy (non-hydrogen) atoms. The van der Waals surface area contributed by atoms with Crippen LogP contribution in [0.1, 0.15) is 6.42 Å². The molecule has 1 fully saturated rings. The number of nitrogens with one attached hydrogen (secondary N) is 2.